The molecule has 2 unspecified atom stereocenters. The van der Waals surface area contributed by atoms with Gasteiger partial charge in [-0.3, -0.25) is 4.79 Å². The van der Waals surface area contributed by atoms with Crippen molar-refractivity contribution < 1.29 is 4.79 Å². The summed E-state index contributed by atoms with van der Waals surface area (Å²) in [6, 6.07) is 0.484. The van der Waals surface area contributed by atoms with Gasteiger partial charge >= 0.3 is 0 Å². The van der Waals surface area contributed by atoms with Gasteiger partial charge in [0.15, 0.2) is 5.78 Å². The molecule has 1 N–H and O–H groups in total. The Morgan fingerprint density at radius 1 is 1.09 bits per heavy atom. The predicted octanol–water partition coefficient (Wildman–Crippen LogP) is 5.67. The van der Waals surface area contributed by atoms with E-state index in [4.69, 9.17) is 0 Å². The summed E-state index contributed by atoms with van der Waals surface area (Å²) in [6.07, 6.45) is 14.7. The quantitative estimate of drug-likeness (QED) is 0.612. The fourth-order valence-corrected chi connectivity index (χ4v) is 4.00. The highest BCUT2D eigenvalue weighted by molar-refractivity contribution is 5.89. The number of carbonyl (C=O) groups is 1. The van der Waals surface area contributed by atoms with E-state index < -0.39 is 5.54 Å². The van der Waals surface area contributed by atoms with Crippen LogP contribution in [-0.2, 0) is 4.79 Å². The number of nitrogens with one attached hydrogen (secondary N) is 1. The molecule has 1 rings (SSSR count). The number of hydrogen-bond donors (Lipinski definition) is 1. The lowest BCUT2D eigenvalue weighted by molar-refractivity contribution is -0.128. The van der Waals surface area contributed by atoms with Crippen molar-refractivity contribution >= 4 is 5.78 Å². The molecule has 0 aromatic rings. The third-order valence-electron chi connectivity index (χ3n) is 5.33. The molecular formula is C21H39NO. The molecule has 0 bridgehead atoms. The Balaban J connectivity index is 2.79. The molecule has 2 nitrogen and oxygen atoms in total. The number of carbonyl (C=O) groups excluding carboxylic acids is 1. The van der Waals surface area contributed by atoms with Crippen LogP contribution in [0.25, 0.3) is 0 Å². The van der Waals surface area contributed by atoms with Gasteiger partial charge in [0.05, 0.1) is 5.54 Å². The first-order valence-electron chi connectivity index (χ1n) is 9.83. The molecule has 134 valence electrons. The first-order chi connectivity index (χ1) is 10.9. The summed E-state index contributed by atoms with van der Waals surface area (Å²) in [5.41, 5.74) is -0.420. The molecule has 0 radical (unpaired) electrons. The minimum atomic E-state index is -0.420. The monoisotopic (exact) mass is 321 g/mol. The van der Waals surface area contributed by atoms with Crippen molar-refractivity contribution in [3.05, 3.63) is 12.7 Å². The van der Waals surface area contributed by atoms with Crippen molar-refractivity contribution in [3.63, 3.8) is 0 Å². The minimum absolute atomic E-state index is 0.0732. The summed E-state index contributed by atoms with van der Waals surface area (Å²) in [7, 11) is 0. The molecule has 1 aliphatic rings. The fourth-order valence-electron chi connectivity index (χ4n) is 4.00. The Kier molecular flexibility index (Phi) is 9.12. The van der Waals surface area contributed by atoms with Crippen LogP contribution in [0.15, 0.2) is 12.7 Å². The molecule has 0 aromatic carbocycles. The maximum atomic E-state index is 12.9. The van der Waals surface area contributed by atoms with Gasteiger partial charge in [-0.05, 0) is 32.1 Å². The molecule has 0 amide bonds. The molecule has 0 saturated heterocycles. The van der Waals surface area contributed by atoms with E-state index in [2.05, 4.69) is 25.7 Å². The van der Waals surface area contributed by atoms with E-state index in [1.165, 1.54) is 57.8 Å². The van der Waals surface area contributed by atoms with E-state index in [1.54, 1.807) is 0 Å². The summed E-state index contributed by atoms with van der Waals surface area (Å²) in [4.78, 5) is 12.9. The average molecular weight is 322 g/mol. The molecule has 1 aliphatic carbocycles. The number of hydrogen-bond acceptors (Lipinski definition) is 2. The number of ketones is 1. The van der Waals surface area contributed by atoms with Gasteiger partial charge in [-0.25, -0.2) is 0 Å². The Morgan fingerprint density at radius 3 is 2.00 bits per heavy atom. The molecular weight excluding hydrogens is 282 g/mol. The Hall–Kier alpha value is -0.630. The number of Topliss-reactive ketones (excluding diaryl/α,β-unsaturated/α-hetero) is 1. The zero-order valence-corrected chi connectivity index (χ0v) is 16.0. The summed E-state index contributed by atoms with van der Waals surface area (Å²) in [5, 5.41) is 3.80. The van der Waals surface area contributed by atoms with Crippen LogP contribution in [0.4, 0.5) is 0 Å². The molecule has 0 aromatic heterocycles. The molecule has 0 spiro atoms. The summed E-state index contributed by atoms with van der Waals surface area (Å²) < 4.78 is 0. The van der Waals surface area contributed by atoms with Gasteiger partial charge in [0.25, 0.3) is 0 Å². The average Bonchev–Trinajstić information content (AvgIpc) is 2.52. The normalized spacial score (nSPS) is 22.3. The molecule has 1 saturated carbocycles. The van der Waals surface area contributed by atoms with Gasteiger partial charge in [-0.1, -0.05) is 71.8 Å². The van der Waals surface area contributed by atoms with Crippen molar-refractivity contribution in [2.24, 2.45) is 11.8 Å². The van der Waals surface area contributed by atoms with Crippen LogP contribution in [0.5, 0.6) is 0 Å². The lowest BCUT2D eigenvalue weighted by atomic mass is 9.80. The second-order valence-electron chi connectivity index (χ2n) is 8.16. The fraction of sp³-hybridized carbons (Fsp3) is 0.857. The van der Waals surface area contributed by atoms with Crippen molar-refractivity contribution in [1.82, 2.24) is 5.32 Å². The second-order valence-corrected chi connectivity index (χ2v) is 8.16. The Morgan fingerprint density at radius 2 is 1.57 bits per heavy atom. The first-order valence-corrected chi connectivity index (χ1v) is 9.83. The zero-order valence-electron chi connectivity index (χ0n) is 16.0. The van der Waals surface area contributed by atoms with Gasteiger partial charge in [-0.15, -0.1) is 6.58 Å². The van der Waals surface area contributed by atoms with Crippen LogP contribution in [0.1, 0.15) is 91.9 Å². The molecule has 2 heteroatoms. The zero-order chi connectivity index (χ0) is 17.3. The van der Waals surface area contributed by atoms with Gasteiger partial charge < -0.3 is 5.32 Å². The van der Waals surface area contributed by atoms with E-state index in [9.17, 15) is 4.79 Å². The van der Waals surface area contributed by atoms with E-state index in [0.29, 0.717) is 17.7 Å². The first kappa shape index (κ1) is 20.4. The van der Waals surface area contributed by atoms with Gasteiger partial charge in [0.2, 0.25) is 0 Å². The summed E-state index contributed by atoms with van der Waals surface area (Å²) >= 11 is 0. The SMILES string of the molecule is C=CC(C)CC(C)(NC1CCCCCCCCC1)C(=O)C(C)C. The third kappa shape index (κ3) is 7.20. The van der Waals surface area contributed by atoms with E-state index in [-0.39, 0.29) is 5.92 Å². The van der Waals surface area contributed by atoms with Crippen LogP contribution in [0.3, 0.4) is 0 Å². The molecule has 2 atom stereocenters. The Bertz CT molecular complexity index is 353. The van der Waals surface area contributed by atoms with Crippen molar-refractivity contribution in [2.75, 3.05) is 0 Å². The van der Waals surface area contributed by atoms with Crippen LogP contribution in [-0.4, -0.2) is 17.4 Å². The Labute approximate surface area is 144 Å². The standard InChI is InChI=1S/C21H39NO/c1-6-18(4)16-21(5,20(23)17(2)3)22-19-14-12-10-8-7-9-11-13-15-19/h6,17-19,22H,1,7-16H2,2-5H3. The highest BCUT2D eigenvalue weighted by atomic mass is 16.1. The minimum Gasteiger partial charge on any atom is -0.302 e. The highest BCUT2D eigenvalue weighted by Crippen LogP contribution is 2.26. The predicted molar refractivity (Wildman–Crippen MR) is 101 cm³/mol. The van der Waals surface area contributed by atoms with Crippen LogP contribution >= 0.6 is 0 Å². The molecule has 0 heterocycles. The van der Waals surface area contributed by atoms with E-state index in [1.807, 2.05) is 19.9 Å². The van der Waals surface area contributed by atoms with Gasteiger partial charge in [-0.2, -0.15) is 0 Å². The second kappa shape index (κ2) is 10.3. The van der Waals surface area contributed by atoms with Gasteiger partial charge in [0.1, 0.15) is 0 Å². The molecule has 1 fully saturated rings. The maximum Gasteiger partial charge on any atom is 0.155 e. The lowest BCUT2D eigenvalue weighted by Gasteiger charge is -2.37. The van der Waals surface area contributed by atoms with E-state index >= 15 is 0 Å². The van der Waals surface area contributed by atoms with Crippen molar-refractivity contribution in [1.29, 1.82) is 0 Å². The molecule has 23 heavy (non-hydrogen) atoms. The maximum absolute atomic E-state index is 12.9. The van der Waals surface area contributed by atoms with Crippen molar-refractivity contribution in [3.8, 4) is 0 Å². The smallest absolute Gasteiger partial charge is 0.155 e. The van der Waals surface area contributed by atoms with Crippen LogP contribution in [0, 0.1) is 11.8 Å². The van der Waals surface area contributed by atoms with Crippen molar-refractivity contribution in [2.45, 2.75) is 103 Å². The number of allylic oxidation sites excluding steroid dienone is 1. The largest absolute Gasteiger partial charge is 0.302 e. The number of rotatable bonds is 7. The topological polar surface area (TPSA) is 29.1 Å². The third-order valence-corrected chi connectivity index (χ3v) is 5.33. The lowest BCUT2D eigenvalue weighted by Crippen LogP contribution is -2.56. The van der Waals surface area contributed by atoms with Crippen LogP contribution in [0.2, 0.25) is 0 Å². The summed E-state index contributed by atoms with van der Waals surface area (Å²) in [6.45, 7) is 12.2. The van der Waals surface area contributed by atoms with E-state index in [0.717, 1.165) is 6.42 Å². The van der Waals surface area contributed by atoms with Crippen LogP contribution < -0.4 is 5.32 Å². The molecule has 0 aliphatic heterocycles. The van der Waals surface area contributed by atoms with Gasteiger partial charge in [0, 0.05) is 12.0 Å². The highest BCUT2D eigenvalue weighted by Gasteiger charge is 2.36. The summed E-state index contributed by atoms with van der Waals surface area (Å²) in [5.74, 6) is 0.780.